The summed E-state index contributed by atoms with van der Waals surface area (Å²) in [5.41, 5.74) is 13.2. The third kappa shape index (κ3) is 5.78. The number of hydrogen-bond donors (Lipinski definition) is 0. The quantitative estimate of drug-likeness (QED) is 0.173. The summed E-state index contributed by atoms with van der Waals surface area (Å²) in [6.07, 6.45) is 0. The average Bonchev–Trinajstić information content (AvgIpc) is 3.69. The van der Waals surface area contributed by atoms with Crippen molar-refractivity contribution in [3.63, 3.8) is 0 Å². The number of nitrogens with zero attached hydrogens (tertiary/aromatic N) is 4. The van der Waals surface area contributed by atoms with Gasteiger partial charge in [-0.25, -0.2) is 9.97 Å². The third-order valence-electron chi connectivity index (χ3n) is 12.5. The second-order valence-corrected chi connectivity index (χ2v) is 17.2. The Labute approximate surface area is 368 Å². The molecule has 0 fully saturated rings. The molecule has 4 nitrogen and oxygen atoms in total. The van der Waals surface area contributed by atoms with Gasteiger partial charge in [0.25, 0.3) is 0 Å². The van der Waals surface area contributed by atoms with Crippen LogP contribution in [-0.2, 0) is 0 Å². The predicted molar refractivity (Wildman–Crippen MR) is 264 cm³/mol. The van der Waals surface area contributed by atoms with Gasteiger partial charge in [-0.2, -0.15) is 0 Å². The average molecular weight is 821 g/mol. The Hall–Kier alpha value is -7.99. The van der Waals surface area contributed by atoms with E-state index in [2.05, 4.69) is 228 Å². The lowest BCUT2D eigenvalue weighted by molar-refractivity contribution is 1.17. The molecule has 12 aromatic rings. The topological polar surface area (TPSA) is 34.0 Å². The number of fused-ring (bicyclic) bond motifs is 9. The highest BCUT2D eigenvalue weighted by Crippen LogP contribution is 2.52. The van der Waals surface area contributed by atoms with Gasteiger partial charge in [-0.1, -0.05) is 157 Å². The molecule has 0 amide bonds. The molecule has 294 valence electrons. The fourth-order valence-corrected chi connectivity index (χ4v) is 10.7. The zero-order chi connectivity index (χ0) is 41.4. The second-order valence-electron chi connectivity index (χ2n) is 16.2. The van der Waals surface area contributed by atoms with Crippen LogP contribution >= 0.6 is 11.8 Å². The Bertz CT molecular complexity index is 3790. The van der Waals surface area contributed by atoms with E-state index in [0.29, 0.717) is 5.82 Å². The largest absolute Gasteiger partial charge is 0.309 e. The van der Waals surface area contributed by atoms with E-state index in [1.807, 2.05) is 11.8 Å². The fraction of sp³-hybridized carbons (Fsp3) is 0. The zero-order valence-corrected chi connectivity index (χ0v) is 34.8. The lowest BCUT2D eigenvalue weighted by atomic mass is 9.99. The van der Waals surface area contributed by atoms with Crippen molar-refractivity contribution in [1.29, 1.82) is 0 Å². The van der Waals surface area contributed by atoms with Crippen molar-refractivity contribution in [2.75, 3.05) is 4.90 Å². The van der Waals surface area contributed by atoms with Crippen LogP contribution in [0.3, 0.4) is 0 Å². The molecule has 5 heteroatoms. The maximum absolute atomic E-state index is 5.37. The molecule has 0 atom stereocenters. The number of rotatable bonds is 5. The Balaban J connectivity index is 0.985. The molecule has 0 radical (unpaired) electrons. The fourth-order valence-electron chi connectivity index (χ4n) is 9.66. The van der Waals surface area contributed by atoms with Crippen molar-refractivity contribution in [3.05, 3.63) is 218 Å². The summed E-state index contributed by atoms with van der Waals surface area (Å²) in [7, 11) is 0. The minimum Gasteiger partial charge on any atom is -0.309 e. The lowest BCUT2D eigenvalue weighted by Gasteiger charge is -2.33. The van der Waals surface area contributed by atoms with E-state index in [1.54, 1.807) is 0 Å². The second kappa shape index (κ2) is 14.3. The van der Waals surface area contributed by atoms with Gasteiger partial charge in [0, 0.05) is 48.5 Å². The van der Waals surface area contributed by atoms with Crippen LogP contribution in [0.15, 0.2) is 228 Å². The molecule has 0 saturated carbocycles. The summed E-state index contributed by atoms with van der Waals surface area (Å²) in [5, 5.41) is 8.30. The Kier molecular flexibility index (Phi) is 8.11. The van der Waals surface area contributed by atoms with Gasteiger partial charge in [0.05, 0.1) is 33.6 Å². The van der Waals surface area contributed by atoms with E-state index in [0.717, 1.165) is 50.1 Å². The first kappa shape index (κ1) is 35.7. The van der Waals surface area contributed by atoms with E-state index >= 15 is 0 Å². The number of benzene rings is 10. The summed E-state index contributed by atoms with van der Waals surface area (Å²) in [4.78, 5) is 15.5. The molecule has 0 saturated heterocycles. The van der Waals surface area contributed by atoms with Crippen LogP contribution in [-0.4, -0.2) is 14.5 Å². The molecular weight excluding hydrogens is 785 g/mol. The van der Waals surface area contributed by atoms with Gasteiger partial charge in [0.15, 0.2) is 5.82 Å². The van der Waals surface area contributed by atoms with Gasteiger partial charge >= 0.3 is 0 Å². The number of hydrogen-bond acceptors (Lipinski definition) is 4. The van der Waals surface area contributed by atoms with Crippen LogP contribution in [0.4, 0.5) is 17.1 Å². The van der Waals surface area contributed by atoms with Crippen molar-refractivity contribution in [1.82, 2.24) is 14.5 Å². The van der Waals surface area contributed by atoms with Crippen molar-refractivity contribution >= 4 is 83.1 Å². The van der Waals surface area contributed by atoms with Gasteiger partial charge in [-0.3, -0.25) is 0 Å². The molecule has 0 N–H and O–H groups in total. The smallest absolute Gasteiger partial charge is 0.160 e. The molecule has 0 aliphatic carbocycles. The molecule has 0 bridgehead atoms. The van der Waals surface area contributed by atoms with E-state index in [1.165, 1.54) is 64.6 Å². The molecule has 3 heterocycles. The van der Waals surface area contributed by atoms with Crippen LogP contribution in [0.2, 0.25) is 0 Å². The van der Waals surface area contributed by atoms with Crippen molar-refractivity contribution < 1.29 is 0 Å². The van der Waals surface area contributed by atoms with Crippen LogP contribution in [0.1, 0.15) is 0 Å². The van der Waals surface area contributed by atoms with Crippen molar-refractivity contribution in [3.8, 4) is 39.5 Å². The summed E-state index contributed by atoms with van der Waals surface area (Å²) < 4.78 is 2.41. The van der Waals surface area contributed by atoms with Gasteiger partial charge in [0.2, 0.25) is 0 Å². The van der Waals surface area contributed by atoms with E-state index in [4.69, 9.17) is 9.97 Å². The van der Waals surface area contributed by atoms with Crippen molar-refractivity contribution in [2.24, 2.45) is 0 Å². The first-order chi connectivity index (χ1) is 31.2. The predicted octanol–water partition coefficient (Wildman–Crippen LogP) is 16.0. The maximum atomic E-state index is 5.37. The van der Waals surface area contributed by atoms with Crippen LogP contribution in [0.25, 0.3) is 93.7 Å². The van der Waals surface area contributed by atoms with E-state index in [-0.39, 0.29) is 0 Å². The number of anilines is 3. The van der Waals surface area contributed by atoms with Gasteiger partial charge in [-0.15, -0.1) is 0 Å². The SMILES string of the molecule is c1ccc(N2c3ccccc3Sc3ccc(-c4ccc5c(c4)c4c6ccccc6ccc4n5-c4cccc(-c5nc(-c6cccc7ccccc67)c6ccccc6n5)c4)cc32)cc1. The van der Waals surface area contributed by atoms with Gasteiger partial charge in [-0.05, 0) is 105 Å². The van der Waals surface area contributed by atoms with Crippen LogP contribution < -0.4 is 4.90 Å². The maximum Gasteiger partial charge on any atom is 0.160 e. The lowest BCUT2D eigenvalue weighted by Crippen LogP contribution is -2.14. The molecule has 1 aliphatic heterocycles. The van der Waals surface area contributed by atoms with Crippen LogP contribution in [0.5, 0.6) is 0 Å². The molecule has 1 aliphatic rings. The van der Waals surface area contributed by atoms with Crippen molar-refractivity contribution in [2.45, 2.75) is 9.79 Å². The normalized spacial score (nSPS) is 12.3. The summed E-state index contributed by atoms with van der Waals surface area (Å²) in [5.74, 6) is 0.699. The van der Waals surface area contributed by atoms with Gasteiger partial charge in [0.1, 0.15) is 0 Å². The molecule has 0 spiro atoms. The Morgan fingerprint density at radius 1 is 0.381 bits per heavy atom. The summed E-state index contributed by atoms with van der Waals surface area (Å²) in [6, 6.07) is 78.6. The summed E-state index contributed by atoms with van der Waals surface area (Å²) in [6.45, 7) is 0. The number of para-hydroxylation sites is 3. The molecular formula is C58H36N4S. The van der Waals surface area contributed by atoms with E-state index in [9.17, 15) is 0 Å². The molecule has 13 rings (SSSR count). The standard InChI is InChI=1S/C58H36N4S/c1-2-18-42(19-3-1)61-51-26-10-11-27-54(51)63-55-33-30-40(36-53(55)61)39-29-31-50-48(35-39)56-45-22-7-5-15-38(45)28-32-52(56)62(50)43-20-12-17-41(34-43)58-59-49-25-9-8-23-47(49)57(60-58)46-24-13-16-37-14-4-6-21-44(37)46/h1-36H. The Morgan fingerprint density at radius 2 is 1.05 bits per heavy atom. The zero-order valence-electron chi connectivity index (χ0n) is 34.0. The molecule has 10 aromatic carbocycles. The molecule has 63 heavy (non-hydrogen) atoms. The monoisotopic (exact) mass is 820 g/mol. The minimum absolute atomic E-state index is 0.699. The third-order valence-corrected chi connectivity index (χ3v) is 13.7. The summed E-state index contributed by atoms with van der Waals surface area (Å²) >= 11 is 1.84. The van der Waals surface area contributed by atoms with Gasteiger partial charge < -0.3 is 9.47 Å². The number of aromatic nitrogens is 3. The molecule has 2 aromatic heterocycles. The highest BCUT2D eigenvalue weighted by Gasteiger charge is 2.26. The highest BCUT2D eigenvalue weighted by molar-refractivity contribution is 7.99. The first-order valence-corrected chi connectivity index (χ1v) is 22.1. The first-order valence-electron chi connectivity index (χ1n) is 21.3. The van der Waals surface area contributed by atoms with E-state index < -0.39 is 0 Å². The highest BCUT2D eigenvalue weighted by atomic mass is 32.2. The minimum atomic E-state index is 0.699. The molecule has 0 unspecified atom stereocenters. The Morgan fingerprint density at radius 3 is 1.95 bits per heavy atom. The van der Waals surface area contributed by atoms with Crippen LogP contribution in [0, 0.1) is 0 Å².